The number of nitro groups is 1. The van der Waals surface area contributed by atoms with E-state index < -0.39 is 22.4 Å². The maximum absolute atomic E-state index is 13.8. The molecule has 0 radical (unpaired) electrons. The summed E-state index contributed by atoms with van der Waals surface area (Å²) in [6.45, 7) is -0.348. The zero-order valence-corrected chi connectivity index (χ0v) is 10.5. The van der Waals surface area contributed by atoms with Crippen molar-refractivity contribution in [3.8, 4) is 5.75 Å². The van der Waals surface area contributed by atoms with Gasteiger partial charge in [0, 0.05) is 17.8 Å². The van der Waals surface area contributed by atoms with Gasteiger partial charge in [-0.2, -0.15) is 4.39 Å². The smallest absolute Gasteiger partial charge is 0.358 e. The number of hydrogen-bond acceptors (Lipinski definition) is 5. The minimum Gasteiger partial charge on any atom is -0.486 e. The van der Waals surface area contributed by atoms with Crippen LogP contribution < -0.4 is 4.74 Å². The molecule has 8 heteroatoms. The van der Waals surface area contributed by atoms with Gasteiger partial charge in [0.05, 0.1) is 4.92 Å². The Hall–Kier alpha value is -3.03. The molecule has 7 nitrogen and oxygen atoms in total. The van der Waals surface area contributed by atoms with Crippen LogP contribution in [0.15, 0.2) is 36.5 Å². The number of rotatable bonds is 5. The lowest BCUT2D eigenvalue weighted by Gasteiger charge is -2.08. The number of aromatic nitrogens is 1. The molecule has 0 aliphatic carbocycles. The molecule has 1 aromatic carbocycles. The van der Waals surface area contributed by atoms with Gasteiger partial charge >= 0.3 is 11.7 Å². The van der Waals surface area contributed by atoms with E-state index >= 15 is 0 Å². The van der Waals surface area contributed by atoms with E-state index in [9.17, 15) is 19.3 Å². The standard InChI is InChI=1S/C13H9FN2O5/c14-11-8(3-1-4-9(11)16(19)20)7-21-10-5-2-6-15-12(10)13(17)18/h1-6H,7H2,(H,17,18). The third-order valence-electron chi connectivity index (χ3n) is 2.61. The number of carbonyl (C=O) groups is 1. The number of pyridine rings is 1. The van der Waals surface area contributed by atoms with E-state index in [-0.39, 0.29) is 23.6 Å². The summed E-state index contributed by atoms with van der Waals surface area (Å²) < 4.78 is 19.0. The van der Waals surface area contributed by atoms with Crippen molar-refractivity contribution in [3.63, 3.8) is 0 Å². The van der Waals surface area contributed by atoms with E-state index in [1.54, 1.807) is 0 Å². The van der Waals surface area contributed by atoms with Gasteiger partial charge in [-0.3, -0.25) is 10.1 Å². The zero-order valence-electron chi connectivity index (χ0n) is 10.5. The number of carboxylic acid groups (broad SMARTS) is 1. The molecule has 0 saturated carbocycles. The zero-order chi connectivity index (χ0) is 15.4. The van der Waals surface area contributed by atoms with Gasteiger partial charge in [-0.05, 0) is 12.1 Å². The normalized spacial score (nSPS) is 10.1. The summed E-state index contributed by atoms with van der Waals surface area (Å²) in [5.41, 5.74) is -1.03. The second kappa shape index (κ2) is 5.95. The fraction of sp³-hybridized carbons (Fsp3) is 0.0769. The third kappa shape index (κ3) is 3.11. The highest BCUT2D eigenvalue weighted by atomic mass is 19.1. The van der Waals surface area contributed by atoms with Crippen molar-refractivity contribution >= 4 is 11.7 Å². The molecule has 0 spiro atoms. The first kappa shape index (κ1) is 14.4. The van der Waals surface area contributed by atoms with Crippen LogP contribution in [-0.4, -0.2) is 21.0 Å². The molecule has 0 saturated heterocycles. The molecule has 0 fully saturated rings. The minimum atomic E-state index is -1.29. The van der Waals surface area contributed by atoms with Crippen molar-refractivity contribution in [2.75, 3.05) is 0 Å². The number of nitro benzene ring substituents is 1. The molecule has 1 aromatic heterocycles. The second-order valence-electron chi connectivity index (χ2n) is 3.95. The van der Waals surface area contributed by atoms with Crippen LogP contribution in [0.4, 0.5) is 10.1 Å². The van der Waals surface area contributed by atoms with Crippen molar-refractivity contribution in [2.24, 2.45) is 0 Å². The molecule has 0 aliphatic heterocycles. The van der Waals surface area contributed by atoms with Crippen molar-refractivity contribution in [2.45, 2.75) is 6.61 Å². The fourth-order valence-electron chi connectivity index (χ4n) is 1.64. The number of ether oxygens (including phenoxy) is 1. The van der Waals surface area contributed by atoms with E-state index in [1.165, 1.54) is 30.5 Å². The summed E-state index contributed by atoms with van der Waals surface area (Å²) in [5.74, 6) is -2.34. The van der Waals surface area contributed by atoms with E-state index in [1.807, 2.05) is 0 Å². The second-order valence-corrected chi connectivity index (χ2v) is 3.95. The first-order valence-corrected chi connectivity index (χ1v) is 5.73. The fourth-order valence-corrected chi connectivity index (χ4v) is 1.64. The highest BCUT2D eigenvalue weighted by Gasteiger charge is 2.18. The van der Waals surface area contributed by atoms with E-state index in [0.717, 1.165) is 6.07 Å². The van der Waals surface area contributed by atoms with Crippen molar-refractivity contribution < 1.29 is 24.0 Å². The topological polar surface area (TPSA) is 103 Å². The Kier molecular flexibility index (Phi) is 4.07. The molecule has 2 aromatic rings. The van der Waals surface area contributed by atoms with Crippen LogP contribution in [0.3, 0.4) is 0 Å². The van der Waals surface area contributed by atoms with E-state index in [2.05, 4.69) is 4.98 Å². The van der Waals surface area contributed by atoms with Crippen LogP contribution in [0.25, 0.3) is 0 Å². The van der Waals surface area contributed by atoms with E-state index in [0.29, 0.717) is 0 Å². The lowest BCUT2D eigenvalue weighted by molar-refractivity contribution is -0.387. The molecule has 21 heavy (non-hydrogen) atoms. The number of aromatic carboxylic acids is 1. The Morgan fingerprint density at radius 1 is 1.38 bits per heavy atom. The molecule has 2 rings (SSSR count). The van der Waals surface area contributed by atoms with E-state index in [4.69, 9.17) is 9.84 Å². The minimum absolute atomic E-state index is 0.0455. The number of carboxylic acids is 1. The number of halogens is 1. The molecule has 0 aliphatic rings. The number of nitrogens with zero attached hydrogens (tertiary/aromatic N) is 2. The SMILES string of the molecule is O=C(O)c1ncccc1OCc1cccc([N+](=O)[O-])c1F. The Labute approximate surface area is 117 Å². The first-order valence-electron chi connectivity index (χ1n) is 5.73. The Balaban J connectivity index is 2.23. The predicted octanol–water partition coefficient (Wildman–Crippen LogP) is 2.41. The predicted molar refractivity (Wildman–Crippen MR) is 68.6 cm³/mol. The van der Waals surface area contributed by atoms with Gasteiger partial charge < -0.3 is 9.84 Å². The van der Waals surface area contributed by atoms with Crippen molar-refractivity contribution in [3.05, 3.63) is 63.7 Å². The molecule has 0 bridgehead atoms. The quantitative estimate of drug-likeness (QED) is 0.670. The molecule has 1 heterocycles. The van der Waals surface area contributed by atoms with Crippen LogP contribution >= 0.6 is 0 Å². The van der Waals surface area contributed by atoms with Gasteiger partial charge in [0.2, 0.25) is 5.82 Å². The van der Waals surface area contributed by atoms with Crippen LogP contribution in [-0.2, 0) is 6.61 Å². The van der Waals surface area contributed by atoms with Gasteiger partial charge in [0.25, 0.3) is 0 Å². The van der Waals surface area contributed by atoms with Gasteiger partial charge in [-0.25, -0.2) is 9.78 Å². The molecule has 0 unspecified atom stereocenters. The van der Waals surface area contributed by atoms with Crippen molar-refractivity contribution in [1.82, 2.24) is 4.98 Å². The molecule has 0 amide bonds. The van der Waals surface area contributed by atoms with Gasteiger partial charge in [-0.15, -0.1) is 0 Å². The van der Waals surface area contributed by atoms with Crippen LogP contribution in [0.1, 0.15) is 16.1 Å². The summed E-state index contributed by atoms with van der Waals surface area (Å²) in [7, 11) is 0. The molecule has 1 N–H and O–H groups in total. The first-order chi connectivity index (χ1) is 10.0. The summed E-state index contributed by atoms with van der Waals surface area (Å²) in [4.78, 5) is 24.4. The summed E-state index contributed by atoms with van der Waals surface area (Å²) in [6.07, 6.45) is 1.28. The lowest BCUT2D eigenvalue weighted by Crippen LogP contribution is -2.07. The summed E-state index contributed by atoms with van der Waals surface area (Å²) >= 11 is 0. The maximum Gasteiger partial charge on any atom is 0.358 e. The lowest BCUT2D eigenvalue weighted by atomic mass is 10.2. The Morgan fingerprint density at radius 3 is 2.81 bits per heavy atom. The summed E-state index contributed by atoms with van der Waals surface area (Å²) in [5, 5.41) is 19.6. The summed E-state index contributed by atoms with van der Waals surface area (Å²) in [6, 6.07) is 6.50. The van der Waals surface area contributed by atoms with Crippen molar-refractivity contribution in [1.29, 1.82) is 0 Å². The van der Waals surface area contributed by atoms with Gasteiger partial charge in [-0.1, -0.05) is 12.1 Å². The third-order valence-corrected chi connectivity index (χ3v) is 2.61. The van der Waals surface area contributed by atoms with Crippen LogP contribution in [0.2, 0.25) is 0 Å². The highest BCUT2D eigenvalue weighted by Crippen LogP contribution is 2.22. The van der Waals surface area contributed by atoms with Gasteiger partial charge in [0.1, 0.15) is 6.61 Å². The monoisotopic (exact) mass is 292 g/mol. The van der Waals surface area contributed by atoms with Crippen LogP contribution in [0, 0.1) is 15.9 Å². The van der Waals surface area contributed by atoms with Crippen LogP contribution in [0.5, 0.6) is 5.75 Å². The largest absolute Gasteiger partial charge is 0.486 e. The molecule has 108 valence electrons. The molecule has 0 atom stereocenters. The Bertz CT molecular complexity index is 705. The maximum atomic E-state index is 13.8. The Morgan fingerprint density at radius 2 is 2.14 bits per heavy atom. The average molecular weight is 292 g/mol. The highest BCUT2D eigenvalue weighted by molar-refractivity contribution is 5.88. The average Bonchev–Trinajstić information content (AvgIpc) is 2.46. The molecular formula is C13H9FN2O5. The number of hydrogen-bond donors (Lipinski definition) is 1. The van der Waals surface area contributed by atoms with Gasteiger partial charge in [0.15, 0.2) is 11.4 Å². The number of benzene rings is 1. The molecular weight excluding hydrogens is 283 g/mol.